The second-order valence-corrected chi connectivity index (χ2v) is 5.40. The molecule has 9 heteroatoms. The summed E-state index contributed by atoms with van der Waals surface area (Å²) < 4.78 is 16.0. The number of benzene rings is 1. The standard InChI is InChI=1S/C15H16FN7S/c1-2-17-15(24)20-14(12-9-18-22-21-12)10-4-5-13(11(16)8-10)23-7-3-6-19-23/h3-9,14H,2H2,1H3,(H2,17,20,24)(H,18,21,22). The van der Waals surface area contributed by atoms with Gasteiger partial charge >= 0.3 is 0 Å². The monoisotopic (exact) mass is 345 g/mol. The van der Waals surface area contributed by atoms with Crippen LogP contribution in [0.4, 0.5) is 4.39 Å². The quantitative estimate of drug-likeness (QED) is 0.611. The maximum Gasteiger partial charge on any atom is 0.167 e. The van der Waals surface area contributed by atoms with Gasteiger partial charge in [0.1, 0.15) is 17.2 Å². The van der Waals surface area contributed by atoms with Crippen molar-refractivity contribution < 1.29 is 4.39 Å². The number of aromatic amines is 1. The molecule has 0 fully saturated rings. The van der Waals surface area contributed by atoms with E-state index >= 15 is 0 Å². The van der Waals surface area contributed by atoms with Crippen LogP contribution in [0.2, 0.25) is 0 Å². The second kappa shape index (κ2) is 7.18. The van der Waals surface area contributed by atoms with E-state index in [1.165, 1.54) is 10.7 Å². The summed E-state index contributed by atoms with van der Waals surface area (Å²) in [5, 5.41) is 21.0. The zero-order valence-corrected chi connectivity index (χ0v) is 13.7. The molecule has 0 spiro atoms. The summed E-state index contributed by atoms with van der Waals surface area (Å²) >= 11 is 5.24. The van der Waals surface area contributed by atoms with Crippen molar-refractivity contribution in [3.8, 4) is 5.69 Å². The van der Waals surface area contributed by atoms with Gasteiger partial charge < -0.3 is 10.6 Å². The zero-order chi connectivity index (χ0) is 16.9. The Balaban J connectivity index is 1.93. The van der Waals surface area contributed by atoms with Gasteiger partial charge in [-0.25, -0.2) is 9.07 Å². The molecular formula is C15H16FN7S. The van der Waals surface area contributed by atoms with Gasteiger partial charge in [0.2, 0.25) is 0 Å². The van der Waals surface area contributed by atoms with E-state index in [0.717, 1.165) is 0 Å². The van der Waals surface area contributed by atoms with Crippen molar-refractivity contribution >= 4 is 17.3 Å². The minimum Gasteiger partial charge on any atom is -0.363 e. The van der Waals surface area contributed by atoms with Crippen molar-refractivity contribution in [2.45, 2.75) is 13.0 Å². The van der Waals surface area contributed by atoms with Crippen molar-refractivity contribution in [1.82, 2.24) is 35.8 Å². The fraction of sp³-hybridized carbons (Fsp3) is 0.200. The zero-order valence-electron chi connectivity index (χ0n) is 12.9. The number of halogens is 1. The SMILES string of the molecule is CCNC(=S)NC(c1ccc(-n2cccn2)c(F)c1)c1c[nH]nn1. The molecule has 1 atom stereocenters. The number of hydrogen-bond acceptors (Lipinski definition) is 4. The number of H-pyrrole nitrogens is 1. The number of rotatable bonds is 5. The van der Waals surface area contributed by atoms with Crippen LogP contribution in [0.25, 0.3) is 5.69 Å². The molecule has 0 saturated carbocycles. The summed E-state index contributed by atoms with van der Waals surface area (Å²) in [6.45, 7) is 2.63. The largest absolute Gasteiger partial charge is 0.363 e. The van der Waals surface area contributed by atoms with E-state index in [9.17, 15) is 4.39 Å². The fourth-order valence-corrected chi connectivity index (χ4v) is 2.58. The molecule has 0 aliphatic carbocycles. The average molecular weight is 345 g/mol. The summed E-state index contributed by atoms with van der Waals surface area (Å²) in [4.78, 5) is 0. The Hall–Kier alpha value is -2.81. The molecule has 0 amide bonds. The van der Waals surface area contributed by atoms with E-state index in [1.54, 1.807) is 36.8 Å². The van der Waals surface area contributed by atoms with Gasteiger partial charge in [-0.3, -0.25) is 5.10 Å². The first-order valence-corrected chi connectivity index (χ1v) is 7.80. The van der Waals surface area contributed by atoms with Crippen LogP contribution in [-0.4, -0.2) is 36.8 Å². The Labute approximate surface area is 143 Å². The maximum atomic E-state index is 14.5. The molecule has 1 aromatic carbocycles. The molecule has 3 aromatic rings. The van der Waals surface area contributed by atoms with E-state index in [-0.39, 0.29) is 5.82 Å². The predicted molar refractivity (Wildman–Crippen MR) is 91.2 cm³/mol. The Morgan fingerprint density at radius 2 is 2.33 bits per heavy atom. The Morgan fingerprint density at radius 3 is 2.96 bits per heavy atom. The van der Waals surface area contributed by atoms with Gasteiger partial charge in [-0.05, 0) is 42.9 Å². The minimum atomic E-state index is -0.420. The van der Waals surface area contributed by atoms with Crippen LogP contribution in [0.3, 0.4) is 0 Å². The second-order valence-electron chi connectivity index (χ2n) is 5.00. The Bertz CT molecular complexity index is 801. The lowest BCUT2D eigenvalue weighted by Gasteiger charge is -2.19. The third-order valence-electron chi connectivity index (χ3n) is 3.40. The van der Waals surface area contributed by atoms with Gasteiger partial charge in [0.15, 0.2) is 5.11 Å². The predicted octanol–water partition coefficient (Wildman–Crippen LogP) is 1.70. The average Bonchev–Trinajstić information content (AvgIpc) is 3.26. The molecule has 1 unspecified atom stereocenters. The van der Waals surface area contributed by atoms with Gasteiger partial charge in [0.25, 0.3) is 0 Å². The molecule has 24 heavy (non-hydrogen) atoms. The van der Waals surface area contributed by atoms with Crippen LogP contribution >= 0.6 is 12.2 Å². The molecule has 124 valence electrons. The van der Waals surface area contributed by atoms with Crippen LogP contribution in [0, 0.1) is 5.82 Å². The van der Waals surface area contributed by atoms with E-state index in [0.29, 0.717) is 28.6 Å². The molecule has 0 radical (unpaired) electrons. The topological polar surface area (TPSA) is 83.5 Å². The molecule has 0 bridgehead atoms. The van der Waals surface area contributed by atoms with Gasteiger partial charge in [0, 0.05) is 25.1 Å². The normalized spacial score (nSPS) is 11.9. The third-order valence-corrected chi connectivity index (χ3v) is 3.66. The number of aromatic nitrogens is 5. The molecule has 3 N–H and O–H groups in total. The van der Waals surface area contributed by atoms with Crippen LogP contribution in [0.1, 0.15) is 24.2 Å². The first-order chi connectivity index (χ1) is 11.7. The van der Waals surface area contributed by atoms with Crippen LogP contribution in [0.15, 0.2) is 42.9 Å². The van der Waals surface area contributed by atoms with E-state index in [2.05, 4.69) is 31.1 Å². The smallest absolute Gasteiger partial charge is 0.167 e. The summed E-state index contributed by atoms with van der Waals surface area (Å²) in [6, 6.07) is 6.24. The number of nitrogens with zero attached hydrogens (tertiary/aromatic N) is 4. The highest BCUT2D eigenvalue weighted by Gasteiger charge is 2.19. The lowest BCUT2D eigenvalue weighted by Crippen LogP contribution is -2.38. The van der Waals surface area contributed by atoms with Crippen molar-refractivity contribution in [3.05, 3.63) is 59.9 Å². The summed E-state index contributed by atoms with van der Waals surface area (Å²) in [7, 11) is 0. The molecule has 7 nitrogen and oxygen atoms in total. The number of thiocarbonyl (C=S) groups is 1. The molecule has 0 aliphatic heterocycles. The number of nitrogens with one attached hydrogen (secondary N) is 3. The molecule has 2 aromatic heterocycles. The summed E-state index contributed by atoms with van der Waals surface area (Å²) in [6.07, 6.45) is 4.93. The molecular weight excluding hydrogens is 329 g/mol. The van der Waals surface area contributed by atoms with Gasteiger partial charge in [-0.15, -0.1) is 5.10 Å². The van der Waals surface area contributed by atoms with E-state index in [4.69, 9.17) is 12.2 Å². The lowest BCUT2D eigenvalue weighted by molar-refractivity contribution is 0.603. The maximum absolute atomic E-state index is 14.5. The first kappa shape index (κ1) is 16.1. The minimum absolute atomic E-state index is 0.372. The van der Waals surface area contributed by atoms with Crippen LogP contribution in [-0.2, 0) is 0 Å². The Morgan fingerprint density at radius 1 is 1.46 bits per heavy atom. The molecule has 3 rings (SSSR count). The van der Waals surface area contributed by atoms with E-state index < -0.39 is 6.04 Å². The summed E-state index contributed by atoms with van der Waals surface area (Å²) in [5.74, 6) is -0.388. The van der Waals surface area contributed by atoms with Crippen molar-refractivity contribution in [3.63, 3.8) is 0 Å². The van der Waals surface area contributed by atoms with Crippen molar-refractivity contribution in [1.29, 1.82) is 0 Å². The van der Waals surface area contributed by atoms with Crippen molar-refractivity contribution in [2.24, 2.45) is 0 Å². The lowest BCUT2D eigenvalue weighted by atomic mass is 10.0. The van der Waals surface area contributed by atoms with E-state index in [1.807, 2.05) is 6.92 Å². The van der Waals surface area contributed by atoms with Crippen LogP contribution in [0.5, 0.6) is 0 Å². The highest BCUT2D eigenvalue weighted by atomic mass is 32.1. The molecule has 0 aliphatic rings. The van der Waals surface area contributed by atoms with Gasteiger partial charge in [0.05, 0.1) is 6.04 Å². The molecule has 2 heterocycles. The fourth-order valence-electron chi connectivity index (χ4n) is 2.32. The molecule has 0 saturated heterocycles. The van der Waals surface area contributed by atoms with Crippen LogP contribution < -0.4 is 10.6 Å². The van der Waals surface area contributed by atoms with Crippen molar-refractivity contribution in [2.75, 3.05) is 6.54 Å². The van der Waals surface area contributed by atoms with Gasteiger partial charge in [-0.2, -0.15) is 5.10 Å². The summed E-state index contributed by atoms with van der Waals surface area (Å²) in [5.41, 5.74) is 1.66. The number of hydrogen-bond donors (Lipinski definition) is 3. The highest BCUT2D eigenvalue weighted by Crippen LogP contribution is 2.23. The first-order valence-electron chi connectivity index (χ1n) is 7.39. The van der Waals surface area contributed by atoms with Gasteiger partial charge in [-0.1, -0.05) is 11.3 Å². The highest BCUT2D eigenvalue weighted by molar-refractivity contribution is 7.80. The third kappa shape index (κ3) is 3.40. The Kier molecular flexibility index (Phi) is 4.80.